The van der Waals surface area contributed by atoms with E-state index >= 15 is 0 Å². The second kappa shape index (κ2) is 11.0. The number of carbonyl (C=O) groups is 1. The maximum Gasteiger partial charge on any atom is 0.250 e. The number of nitrogens with zero attached hydrogens (tertiary/aromatic N) is 5. The van der Waals surface area contributed by atoms with Crippen molar-refractivity contribution in [3.05, 3.63) is 77.6 Å². The number of hydrogen-bond donors (Lipinski definition) is 1. The first-order valence-corrected chi connectivity index (χ1v) is 11.9. The number of thioether (sulfide) groups is 1. The third-order valence-electron chi connectivity index (χ3n) is 4.84. The average molecular weight is 495 g/mol. The van der Waals surface area contributed by atoms with Crippen LogP contribution in [0.2, 0.25) is 5.02 Å². The fourth-order valence-corrected chi connectivity index (χ4v) is 4.05. The minimum Gasteiger partial charge on any atom is -0.494 e. The van der Waals surface area contributed by atoms with Crippen LogP contribution in [0.1, 0.15) is 12.6 Å². The molecule has 0 fully saturated rings. The summed E-state index contributed by atoms with van der Waals surface area (Å²) in [7, 11) is 1.91. The fourth-order valence-electron chi connectivity index (χ4n) is 3.18. The third kappa shape index (κ3) is 5.67. The number of rotatable bonds is 9. The second-order valence-corrected chi connectivity index (χ2v) is 8.58. The van der Waals surface area contributed by atoms with Crippen LogP contribution in [0.5, 0.6) is 5.75 Å². The van der Waals surface area contributed by atoms with Gasteiger partial charge >= 0.3 is 0 Å². The number of aryl methyl sites for hydroxylation is 1. The second-order valence-electron chi connectivity index (χ2n) is 7.20. The van der Waals surface area contributed by atoms with Gasteiger partial charge in [-0.15, -0.1) is 10.2 Å². The lowest BCUT2D eigenvalue weighted by Crippen LogP contribution is -2.20. The van der Waals surface area contributed by atoms with Gasteiger partial charge in [-0.3, -0.25) is 9.36 Å². The van der Waals surface area contributed by atoms with Crippen molar-refractivity contribution >= 4 is 35.5 Å². The van der Waals surface area contributed by atoms with Gasteiger partial charge in [-0.25, -0.2) is 5.43 Å². The average Bonchev–Trinajstić information content (AvgIpc) is 3.45. The predicted molar refractivity (Wildman–Crippen MR) is 135 cm³/mol. The topological polar surface area (TPSA) is 86.3 Å². The van der Waals surface area contributed by atoms with Crippen LogP contribution in [-0.4, -0.2) is 43.8 Å². The van der Waals surface area contributed by atoms with Crippen molar-refractivity contribution < 1.29 is 9.53 Å². The highest BCUT2D eigenvalue weighted by Crippen LogP contribution is 2.29. The summed E-state index contributed by atoms with van der Waals surface area (Å²) >= 11 is 7.33. The van der Waals surface area contributed by atoms with Gasteiger partial charge in [-0.2, -0.15) is 5.10 Å². The highest BCUT2D eigenvalue weighted by Gasteiger charge is 2.17. The lowest BCUT2D eigenvalue weighted by atomic mass is 10.2. The first-order chi connectivity index (χ1) is 16.5. The Labute approximate surface area is 206 Å². The Morgan fingerprint density at radius 3 is 2.59 bits per heavy atom. The maximum absolute atomic E-state index is 12.4. The molecule has 0 spiro atoms. The maximum atomic E-state index is 12.4. The Bertz CT molecular complexity index is 1280. The number of nitrogens with one attached hydrogen (secondary N) is 1. The minimum absolute atomic E-state index is 0.125. The van der Waals surface area contributed by atoms with E-state index in [1.807, 2.05) is 77.8 Å². The molecule has 0 aliphatic carbocycles. The van der Waals surface area contributed by atoms with Crippen molar-refractivity contribution in [2.45, 2.75) is 12.1 Å². The molecule has 2 aromatic carbocycles. The van der Waals surface area contributed by atoms with Crippen molar-refractivity contribution in [2.24, 2.45) is 12.1 Å². The van der Waals surface area contributed by atoms with E-state index in [0.717, 1.165) is 22.7 Å². The molecule has 0 atom stereocenters. The minimum atomic E-state index is -0.246. The van der Waals surface area contributed by atoms with E-state index in [9.17, 15) is 4.79 Å². The summed E-state index contributed by atoms with van der Waals surface area (Å²) in [4.78, 5) is 12.4. The van der Waals surface area contributed by atoms with Crippen molar-refractivity contribution in [1.82, 2.24) is 24.8 Å². The van der Waals surface area contributed by atoms with Gasteiger partial charge in [0.1, 0.15) is 5.75 Å². The largest absolute Gasteiger partial charge is 0.494 e. The first-order valence-electron chi connectivity index (χ1n) is 10.6. The molecule has 8 nitrogen and oxygen atoms in total. The molecule has 1 N–H and O–H groups in total. The smallest absolute Gasteiger partial charge is 0.250 e. The molecule has 2 heterocycles. The van der Waals surface area contributed by atoms with Crippen LogP contribution < -0.4 is 10.2 Å². The summed E-state index contributed by atoms with van der Waals surface area (Å²) in [5.41, 5.74) is 5.14. The lowest BCUT2D eigenvalue weighted by Gasteiger charge is -2.11. The van der Waals surface area contributed by atoms with Gasteiger partial charge in [0.15, 0.2) is 11.0 Å². The molecule has 0 unspecified atom stereocenters. The number of ether oxygens (including phenoxy) is 1. The van der Waals surface area contributed by atoms with E-state index in [1.54, 1.807) is 18.3 Å². The molecule has 0 saturated heterocycles. The lowest BCUT2D eigenvalue weighted by molar-refractivity contribution is -0.118. The van der Waals surface area contributed by atoms with Gasteiger partial charge in [0.2, 0.25) is 0 Å². The highest BCUT2D eigenvalue weighted by atomic mass is 35.5. The number of halogens is 1. The number of carbonyl (C=O) groups excluding carboxylic acids is 1. The SMILES string of the molecule is CCOc1ccc(-n2c(SCC(=O)N/N=C/c3cccn3C)nnc2-c2ccc(Cl)cc2)cc1. The number of aromatic nitrogens is 4. The van der Waals surface area contributed by atoms with Gasteiger partial charge in [0.05, 0.1) is 24.3 Å². The molecule has 10 heteroatoms. The molecule has 174 valence electrons. The predicted octanol–water partition coefficient (Wildman–Crippen LogP) is 4.57. The van der Waals surface area contributed by atoms with Crippen LogP contribution in [0.4, 0.5) is 0 Å². The summed E-state index contributed by atoms with van der Waals surface area (Å²) in [5.74, 6) is 1.30. The zero-order chi connectivity index (χ0) is 23.9. The van der Waals surface area contributed by atoms with Gasteiger partial charge < -0.3 is 9.30 Å². The van der Waals surface area contributed by atoms with E-state index < -0.39 is 0 Å². The Kier molecular flexibility index (Phi) is 7.66. The van der Waals surface area contributed by atoms with Gasteiger partial charge in [-0.1, -0.05) is 23.4 Å². The molecule has 4 rings (SSSR count). The van der Waals surface area contributed by atoms with Crippen LogP contribution in [0.25, 0.3) is 17.1 Å². The Hall–Kier alpha value is -3.56. The van der Waals surface area contributed by atoms with Crippen LogP contribution >= 0.6 is 23.4 Å². The molecule has 0 radical (unpaired) electrons. The summed E-state index contributed by atoms with van der Waals surface area (Å²) in [6, 6.07) is 18.8. The summed E-state index contributed by atoms with van der Waals surface area (Å²) in [6.07, 6.45) is 3.51. The third-order valence-corrected chi connectivity index (χ3v) is 6.02. The standard InChI is InChI=1S/C24H23ClN6O2S/c1-3-33-21-12-10-19(11-13-21)31-23(17-6-8-18(25)9-7-17)28-29-24(31)34-16-22(32)27-26-15-20-5-4-14-30(20)2/h4-15H,3,16H2,1-2H3,(H,27,32)/b26-15+. The van der Waals surface area contributed by atoms with E-state index in [1.165, 1.54) is 11.8 Å². The molecule has 34 heavy (non-hydrogen) atoms. The molecule has 0 aliphatic rings. The van der Waals surface area contributed by atoms with Crippen molar-refractivity contribution in [3.63, 3.8) is 0 Å². The van der Waals surface area contributed by atoms with Crippen LogP contribution in [0.15, 0.2) is 77.1 Å². The molecule has 4 aromatic rings. The zero-order valence-electron chi connectivity index (χ0n) is 18.7. The van der Waals surface area contributed by atoms with Gasteiger partial charge in [0, 0.05) is 29.5 Å². The molecule has 0 bridgehead atoms. The first kappa shape index (κ1) is 23.6. The van der Waals surface area contributed by atoms with E-state index in [2.05, 4.69) is 20.7 Å². The normalized spacial score (nSPS) is 11.1. The summed E-state index contributed by atoms with van der Waals surface area (Å²) in [6.45, 7) is 2.53. The zero-order valence-corrected chi connectivity index (χ0v) is 20.3. The Morgan fingerprint density at radius 2 is 1.91 bits per heavy atom. The summed E-state index contributed by atoms with van der Waals surface area (Å²) < 4.78 is 9.37. The van der Waals surface area contributed by atoms with Crippen LogP contribution in [-0.2, 0) is 11.8 Å². The van der Waals surface area contributed by atoms with Gasteiger partial charge in [-0.05, 0) is 67.6 Å². The highest BCUT2D eigenvalue weighted by molar-refractivity contribution is 7.99. The fraction of sp³-hybridized carbons (Fsp3) is 0.167. The molecule has 0 saturated carbocycles. The van der Waals surface area contributed by atoms with E-state index in [-0.39, 0.29) is 11.7 Å². The van der Waals surface area contributed by atoms with Crippen molar-refractivity contribution in [1.29, 1.82) is 0 Å². The molecular formula is C24H23ClN6O2S. The van der Waals surface area contributed by atoms with Crippen LogP contribution in [0.3, 0.4) is 0 Å². The quantitative estimate of drug-likeness (QED) is 0.209. The molecular weight excluding hydrogens is 472 g/mol. The van der Waals surface area contributed by atoms with Crippen LogP contribution in [0, 0.1) is 0 Å². The van der Waals surface area contributed by atoms with E-state index in [4.69, 9.17) is 16.3 Å². The molecule has 0 aliphatic heterocycles. The summed E-state index contributed by atoms with van der Waals surface area (Å²) in [5, 5.41) is 14.0. The van der Waals surface area contributed by atoms with E-state index in [0.29, 0.717) is 22.6 Å². The van der Waals surface area contributed by atoms with Gasteiger partial charge in [0.25, 0.3) is 5.91 Å². The number of benzene rings is 2. The number of amides is 1. The number of hydrazone groups is 1. The monoisotopic (exact) mass is 494 g/mol. The Balaban J connectivity index is 1.54. The van der Waals surface area contributed by atoms with Crippen molar-refractivity contribution in [2.75, 3.05) is 12.4 Å². The Morgan fingerprint density at radius 1 is 1.15 bits per heavy atom. The molecule has 2 aromatic heterocycles. The number of hydrogen-bond acceptors (Lipinski definition) is 6. The van der Waals surface area contributed by atoms with Crippen molar-refractivity contribution in [3.8, 4) is 22.8 Å². The molecule has 1 amide bonds.